The summed E-state index contributed by atoms with van der Waals surface area (Å²) in [6.45, 7) is 2.04. The van der Waals surface area contributed by atoms with Crippen LogP contribution in [0.2, 0.25) is 0 Å². The number of thioether (sulfide) groups is 1. The van der Waals surface area contributed by atoms with Gasteiger partial charge in [-0.25, -0.2) is 4.98 Å². The van der Waals surface area contributed by atoms with Crippen molar-refractivity contribution in [3.05, 3.63) is 24.3 Å². The Morgan fingerprint density at radius 1 is 1.27 bits per heavy atom. The molecule has 0 radical (unpaired) electrons. The fourth-order valence-corrected chi connectivity index (χ4v) is 1.98. The van der Waals surface area contributed by atoms with Gasteiger partial charge in [0.1, 0.15) is 5.52 Å². The van der Waals surface area contributed by atoms with E-state index in [2.05, 4.69) is 15.2 Å². The van der Waals surface area contributed by atoms with Crippen molar-refractivity contribution in [1.82, 2.24) is 15.2 Å². The Bertz CT molecular complexity index is 463. The summed E-state index contributed by atoms with van der Waals surface area (Å²) in [7, 11) is 0. The van der Waals surface area contributed by atoms with Crippen LogP contribution in [0.3, 0.4) is 0 Å². The minimum absolute atomic E-state index is 0.301. The molecule has 1 aromatic carbocycles. The first-order valence-corrected chi connectivity index (χ1v) is 6.03. The van der Waals surface area contributed by atoms with E-state index < -0.39 is 0 Å². The van der Waals surface area contributed by atoms with Crippen LogP contribution in [0.15, 0.2) is 29.4 Å². The maximum atomic E-state index is 5.72. The molecule has 2 rings (SSSR count). The molecule has 15 heavy (non-hydrogen) atoms. The van der Waals surface area contributed by atoms with Crippen LogP contribution in [0.5, 0.6) is 0 Å². The van der Waals surface area contributed by atoms with E-state index in [9.17, 15) is 0 Å². The molecule has 0 saturated heterocycles. The van der Waals surface area contributed by atoms with Crippen molar-refractivity contribution in [2.45, 2.75) is 17.3 Å². The number of alkyl halides is 1. The molecule has 0 amide bonds. The first-order valence-electron chi connectivity index (χ1n) is 4.61. The highest BCUT2D eigenvalue weighted by Gasteiger charge is 2.06. The molecule has 1 atom stereocenters. The number of hydrogen-bond donors (Lipinski definition) is 0. The van der Waals surface area contributed by atoms with Crippen LogP contribution in [-0.2, 0) is 0 Å². The van der Waals surface area contributed by atoms with Gasteiger partial charge in [0.2, 0.25) is 5.16 Å². The Morgan fingerprint density at radius 3 is 2.73 bits per heavy atom. The quantitative estimate of drug-likeness (QED) is 0.610. The Hall–Kier alpha value is -0.870. The predicted octanol–water partition coefficient (Wildman–Crippen LogP) is 2.74. The number of para-hydroxylation sites is 1. The van der Waals surface area contributed by atoms with Crippen molar-refractivity contribution in [2.75, 3.05) is 5.88 Å². The molecule has 0 aliphatic heterocycles. The van der Waals surface area contributed by atoms with E-state index in [1.807, 2.05) is 31.2 Å². The molecule has 1 heterocycles. The van der Waals surface area contributed by atoms with E-state index in [0.717, 1.165) is 11.0 Å². The molecule has 0 bridgehead atoms. The van der Waals surface area contributed by atoms with E-state index in [4.69, 9.17) is 11.6 Å². The number of rotatable bonds is 3. The third-order valence-corrected chi connectivity index (χ3v) is 3.46. The van der Waals surface area contributed by atoms with Gasteiger partial charge in [0.05, 0.1) is 5.52 Å². The van der Waals surface area contributed by atoms with Gasteiger partial charge in [-0.05, 0) is 12.1 Å². The molecule has 0 fully saturated rings. The van der Waals surface area contributed by atoms with Crippen molar-refractivity contribution in [1.29, 1.82) is 0 Å². The van der Waals surface area contributed by atoms with Crippen LogP contribution < -0.4 is 0 Å². The average molecular weight is 240 g/mol. The number of benzene rings is 1. The summed E-state index contributed by atoms with van der Waals surface area (Å²) in [6.07, 6.45) is 0. The van der Waals surface area contributed by atoms with E-state index in [0.29, 0.717) is 16.3 Å². The second kappa shape index (κ2) is 4.77. The molecular weight excluding hydrogens is 230 g/mol. The van der Waals surface area contributed by atoms with Crippen molar-refractivity contribution in [3.63, 3.8) is 0 Å². The van der Waals surface area contributed by atoms with E-state index in [-0.39, 0.29) is 0 Å². The summed E-state index contributed by atoms with van der Waals surface area (Å²) in [5.41, 5.74) is 1.69. The number of halogens is 1. The molecule has 0 N–H and O–H groups in total. The van der Waals surface area contributed by atoms with Crippen LogP contribution >= 0.6 is 23.4 Å². The molecule has 1 aromatic heterocycles. The monoisotopic (exact) mass is 239 g/mol. The lowest BCUT2D eigenvalue weighted by Gasteiger charge is -2.04. The van der Waals surface area contributed by atoms with Gasteiger partial charge < -0.3 is 0 Å². The highest BCUT2D eigenvalue weighted by Crippen LogP contribution is 2.20. The molecule has 78 valence electrons. The second-order valence-electron chi connectivity index (χ2n) is 3.17. The number of hydrogen-bond acceptors (Lipinski definition) is 4. The maximum absolute atomic E-state index is 5.72. The molecule has 3 nitrogen and oxygen atoms in total. The molecule has 0 aliphatic rings. The minimum atomic E-state index is 0.301. The second-order valence-corrected chi connectivity index (χ2v) is 4.88. The van der Waals surface area contributed by atoms with Crippen molar-refractivity contribution >= 4 is 34.4 Å². The third kappa shape index (κ3) is 2.58. The average Bonchev–Trinajstić information content (AvgIpc) is 2.29. The topological polar surface area (TPSA) is 38.7 Å². The molecule has 5 heteroatoms. The lowest BCUT2D eigenvalue weighted by molar-refractivity contribution is 0.875. The first-order chi connectivity index (χ1) is 7.29. The summed E-state index contributed by atoms with van der Waals surface area (Å²) in [4.78, 5) is 4.39. The third-order valence-electron chi connectivity index (χ3n) is 1.86. The SMILES string of the molecule is CC(CCl)Sc1nnc2ccccc2n1. The number of aromatic nitrogens is 3. The largest absolute Gasteiger partial charge is 0.219 e. The minimum Gasteiger partial charge on any atom is -0.219 e. The maximum Gasteiger partial charge on any atom is 0.209 e. The highest BCUT2D eigenvalue weighted by atomic mass is 35.5. The van der Waals surface area contributed by atoms with Crippen molar-refractivity contribution in [3.8, 4) is 0 Å². The van der Waals surface area contributed by atoms with Crippen LogP contribution in [0.25, 0.3) is 11.0 Å². The van der Waals surface area contributed by atoms with Crippen LogP contribution in [0.1, 0.15) is 6.92 Å². The van der Waals surface area contributed by atoms with Gasteiger partial charge in [0.25, 0.3) is 0 Å². The summed E-state index contributed by atoms with van der Waals surface area (Å²) in [5.74, 6) is 0.584. The Morgan fingerprint density at radius 2 is 2.00 bits per heavy atom. The molecule has 1 unspecified atom stereocenters. The zero-order chi connectivity index (χ0) is 10.7. The molecule has 0 saturated carbocycles. The standard InChI is InChI=1S/C10H10ClN3S/c1-7(6-11)15-10-12-8-4-2-3-5-9(8)13-14-10/h2-5,7H,6H2,1H3. The fourth-order valence-electron chi connectivity index (χ4n) is 1.13. The number of nitrogens with zero attached hydrogens (tertiary/aromatic N) is 3. The molecule has 0 spiro atoms. The van der Waals surface area contributed by atoms with E-state index >= 15 is 0 Å². The highest BCUT2D eigenvalue weighted by molar-refractivity contribution is 7.99. The normalized spacial score (nSPS) is 12.9. The van der Waals surface area contributed by atoms with Gasteiger partial charge in [-0.2, -0.15) is 0 Å². The van der Waals surface area contributed by atoms with Gasteiger partial charge in [-0.3, -0.25) is 0 Å². The van der Waals surface area contributed by atoms with Crippen LogP contribution in [0, 0.1) is 0 Å². The Balaban J connectivity index is 2.30. The van der Waals surface area contributed by atoms with E-state index in [1.54, 1.807) is 11.8 Å². The van der Waals surface area contributed by atoms with Gasteiger partial charge >= 0.3 is 0 Å². The summed E-state index contributed by atoms with van der Waals surface area (Å²) < 4.78 is 0. The Labute approximate surface area is 97.3 Å². The summed E-state index contributed by atoms with van der Waals surface area (Å²) in [5, 5.41) is 9.11. The molecule has 0 aliphatic carbocycles. The molecule has 2 aromatic rings. The lowest BCUT2D eigenvalue weighted by Crippen LogP contribution is -2.00. The Kier molecular flexibility index (Phi) is 3.38. The van der Waals surface area contributed by atoms with Gasteiger partial charge in [-0.1, -0.05) is 30.8 Å². The van der Waals surface area contributed by atoms with Gasteiger partial charge in [0, 0.05) is 11.1 Å². The van der Waals surface area contributed by atoms with Crippen LogP contribution in [0.4, 0.5) is 0 Å². The van der Waals surface area contributed by atoms with E-state index in [1.165, 1.54) is 0 Å². The predicted molar refractivity (Wildman–Crippen MR) is 63.4 cm³/mol. The van der Waals surface area contributed by atoms with Gasteiger partial charge in [-0.15, -0.1) is 21.8 Å². The zero-order valence-corrected chi connectivity index (χ0v) is 9.79. The van der Waals surface area contributed by atoms with Crippen molar-refractivity contribution < 1.29 is 0 Å². The fraction of sp³-hybridized carbons (Fsp3) is 0.300. The number of fused-ring (bicyclic) bond motifs is 1. The van der Waals surface area contributed by atoms with Gasteiger partial charge in [0.15, 0.2) is 0 Å². The summed E-state index contributed by atoms with van der Waals surface area (Å²) >= 11 is 7.27. The zero-order valence-electron chi connectivity index (χ0n) is 8.22. The summed E-state index contributed by atoms with van der Waals surface area (Å²) in [6, 6.07) is 7.69. The van der Waals surface area contributed by atoms with Crippen LogP contribution in [-0.4, -0.2) is 26.3 Å². The smallest absolute Gasteiger partial charge is 0.209 e. The first kappa shape index (κ1) is 10.6. The lowest BCUT2D eigenvalue weighted by atomic mass is 10.3. The molecular formula is C10H10ClN3S. The van der Waals surface area contributed by atoms with Crippen molar-refractivity contribution in [2.24, 2.45) is 0 Å².